The minimum atomic E-state index is -0.533. The summed E-state index contributed by atoms with van der Waals surface area (Å²) < 4.78 is 0. The number of likely N-dealkylation sites (N-methyl/N-ethyl adjacent to an activating group) is 1. The van der Waals surface area contributed by atoms with E-state index in [2.05, 4.69) is 5.32 Å². The molecule has 3 rings (SSSR count). The SMILES string of the molecule is CN1C(=O)[C@H](Cc2ccccc2)NC(=O)[C@@H]1Cc1ccc(O)cc1. The molecule has 0 bridgehead atoms. The summed E-state index contributed by atoms with van der Waals surface area (Å²) >= 11 is 0. The summed E-state index contributed by atoms with van der Waals surface area (Å²) in [5, 5.41) is 12.2. The van der Waals surface area contributed by atoms with Crippen LogP contribution in [0, 0.1) is 0 Å². The highest BCUT2D eigenvalue weighted by Crippen LogP contribution is 2.17. The second-order valence-corrected chi connectivity index (χ2v) is 6.09. The number of phenols is 1. The van der Waals surface area contributed by atoms with Gasteiger partial charge in [-0.2, -0.15) is 0 Å². The fourth-order valence-electron chi connectivity index (χ4n) is 2.98. The molecule has 0 unspecified atom stereocenters. The topological polar surface area (TPSA) is 69.6 Å². The third kappa shape index (κ3) is 3.40. The summed E-state index contributed by atoms with van der Waals surface area (Å²) in [6, 6.07) is 15.3. The molecule has 5 nitrogen and oxygen atoms in total. The molecule has 1 aliphatic rings. The quantitative estimate of drug-likeness (QED) is 0.895. The molecule has 0 spiro atoms. The van der Waals surface area contributed by atoms with E-state index in [1.807, 2.05) is 30.3 Å². The van der Waals surface area contributed by atoms with Crippen LogP contribution in [0.5, 0.6) is 5.75 Å². The van der Waals surface area contributed by atoms with Crippen LogP contribution in [0.25, 0.3) is 0 Å². The lowest BCUT2D eigenvalue weighted by atomic mass is 9.97. The first-order chi connectivity index (χ1) is 11.5. The number of benzene rings is 2. The second kappa shape index (κ2) is 6.74. The Morgan fingerprint density at radius 3 is 2.25 bits per heavy atom. The zero-order valence-electron chi connectivity index (χ0n) is 13.5. The van der Waals surface area contributed by atoms with E-state index in [1.54, 1.807) is 31.3 Å². The molecular formula is C19H20N2O3. The Morgan fingerprint density at radius 2 is 1.58 bits per heavy atom. The van der Waals surface area contributed by atoms with Crippen molar-refractivity contribution in [2.24, 2.45) is 0 Å². The third-order valence-electron chi connectivity index (χ3n) is 4.38. The summed E-state index contributed by atoms with van der Waals surface area (Å²) in [7, 11) is 1.67. The van der Waals surface area contributed by atoms with Crippen molar-refractivity contribution in [3.63, 3.8) is 0 Å². The van der Waals surface area contributed by atoms with Crippen molar-refractivity contribution in [1.82, 2.24) is 10.2 Å². The van der Waals surface area contributed by atoms with Crippen LogP contribution in [0.2, 0.25) is 0 Å². The molecule has 24 heavy (non-hydrogen) atoms. The third-order valence-corrected chi connectivity index (χ3v) is 4.38. The highest BCUT2D eigenvalue weighted by Gasteiger charge is 2.38. The van der Waals surface area contributed by atoms with E-state index in [0.717, 1.165) is 11.1 Å². The predicted molar refractivity (Wildman–Crippen MR) is 90.4 cm³/mol. The normalized spacial score (nSPS) is 20.8. The molecule has 124 valence electrons. The number of rotatable bonds is 4. The number of nitrogens with zero attached hydrogens (tertiary/aromatic N) is 1. The van der Waals surface area contributed by atoms with Crippen LogP contribution in [0.3, 0.4) is 0 Å². The van der Waals surface area contributed by atoms with Crippen molar-refractivity contribution in [2.45, 2.75) is 24.9 Å². The Bertz CT molecular complexity index is 728. The monoisotopic (exact) mass is 324 g/mol. The number of hydrogen-bond donors (Lipinski definition) is 2. The van der Waals surface area contributed by atoms with Crippen molar-refractivity contribution in [1.29, 1.82) is 0 Å². The van der Waals surface area contributed by atoms with Gasteiger partial charge in [-0.3, -0.25) is 9.59 Å². The molecule has 5 heteroatoms. The van der Waals surface area contributed by atoms with E-state index in [0.29, 0.717) is 12.8 Å². The summed E-state index contributed by atoms with van der Waals surface area (Å²) in [5.41, 5.74) is 1.91. The van der Waals surface area contributed by atoms with Crippen molar-refractivity contribution >= 4 is 11.8 Å². The van der Waals surface area contributed by atoms with Crippen LogP contribution in [-0.4, -0.2) is 41.0 Å². The molecule has 2 aromatic rings. The molecule has 2 N–H and O–H groups in total. The van der Waals surface area contributed by atoms with Gasteiger partial charge < -0.3 is 15.3 Å². The van der Waals surface area contributed by atoms with Gasteiger partial charge in [-0.25, -0.2) is 0 Å². The van der Waals surface area contributed by atoms with Crippen molar-refractivity contribution < 1.29 is 14.7 Å². The first-order valence-corrected chi connectivity index (χ1v) is 7.93. The fraction of sp³-hybridized carbons (Fsp3) is 0.263. The van der Waals surface area contributed by atoms with Gasteiger partial charge in [0.05, 0.1) is 0 Å². The van der Waals surface area contributed by atoms with Gasteiger partial charge in [0.2, 0.25) is 11.8 Å². The average molecular weight is 324 g/mol. The fourth-order valence-corrected chi connectivity index (χ4v) is 2.98. The van der Waals surface area contributed by atoms with Gasteiger partial charge in [-0.15, -0.1) is 0 Å². The van der Waals surface area contributed by atoms with Gasteiger partial charge in [0.15, 0.2) is 0 Å². The minimum absolute atomic E-state index is 0.0813. The Morgan fingerprint density at radius 1 is 0.958 bits per heavy atom. The summed E-state index contributed by atoms with van der Waals surface area (Å²) in [5.74, 6) is -0.0486. The van der Waals surface area contributed by atoms with Gasteiger partial charge in [-0.05, 0) is 23.3 Å². The van der Waals surface area contributed by atoms with Gasteiger partial charge in [0, 0.05) is 19.9 Å². The number of nitrogens with one attached hydrogen (secondary N) is 1. The molecule has 2 amide bonds. The molecule has 2 aromatic carbocycles. The zero-order valence-corrected chi connectivity index (χ0v) is 13.5. The van der Waals surface area contributed by atoms with Gasteiger partial charge in [0.1, 0.15) is 17.8 Å². The molecule has 1 fully saturated rings. The van der Waals surface area contributed by atoms with E-state index in [9.17, 15) is 14.7 Å². The molecule has 0 aliphatic carbocycles. The number of piperazine rings is 1. The number of hydrogen-bond acceptors (Lipinski definition) is 3. The number of aromatic hydroxyl groups is 1. The molecule has 0 saturated carbocycles. The number of carbonyl (C=O) groups excluding carboxylic acids is 2. The molecule has 1 heterocycles. The highest BCUT2D eigenvalue weighted by molar-refractivity contribution is 5.97. The predicted octanol–water partition coefficient (Wildman–Crippen LogP) is 1.50. The lowest BCUT2D eigenvalue weighted by Gasteiger charge is -2.36. The minimum Gasteiger partial charge on any atom is -0.508 e. The van der Waals surface area contributed by atoms with E-state index < -0.39 is 12.1 Å². The van der Waals surface area contributed by atoms with Crippen LogP contribution >= 0.6 is 0 Å². The zero-order chi connectivity index (χ0) is 17.1. The lowest BCUT2D eigenvalue weighted by molar-refractivity contribution is -0.147. The molecule has 0 aromatic heterocycles. The van der Waals surface area contributed by atoms with Crippen LogP contribution in [-0.2, 0) is 22.4 Å². The van der Waals surface area contributed by atoms with E-state index in [1.165, 1.54) is 4.90 Å². The summed E-state index contributed by atoms with van der Waals surface area (Å²) in [6.07, 6.45) is 0.911. The molecule has 2 atom stereocenters. The average Bonchev–Trinajstić information content (AvgIpc) is 2.59. The highest BCUT2D eigenvalue weighted by atomic mass is 16.3. The smallest absolute Gasteiger partial charge is 0.245 e. The molecule has 1 saturated heterocycles. The lowest BCUT2D eigenvalue weighted by Crippen LogP contribution is -2.63. The first-order valence-electron chi connectivity index (χ1n) is 7.93. The summed E-state index contributed by atoms with van der Waals surface area (Å²) in [4.78, 5) is 26.6. The van der Waals surface area contributed by atoms with Crippen molar-refractivity contribution in [2.75, 3.05) is 7.05 Å². The summed E-state index contributed by atoms with van der Waals surface area (Å²) in [6.45, 7) is 0. The molecular weight excluding hydrogens is 304 g/mol. The van der Waals surface area contributed by atoms with Crippen LogP contribution in [0.4, 0.5) is 0 Å². The van der Waals surface area contributed by atoms with Crippen molar-refractivity contribution in [3.05, 3.63) is 65.7 Å². The molecule has 0 radical (unpaired) electrons. The Balaban J connectivity index is 1.71. The first kappa shape index (κ1) is 16.1. The number of phenolic OH excluding ortho intramolecular Hbond substituents is 1. The van der Waals surface area contributed by atoms with E-state index in [4.69, 9.17) is 0 Å². The van der Waals surface area contributed by atoms with E-state index >= 15 is 0 Å². The second-order valence-electron chi connectivity index (χ2n) is 6.09. The van der Waals surface area contributed by atoms with Crippen molar-refractivity contribution in [3.8, 4) is 5.75 Å². The van der Waals surface area contributed by atoms with Crippen LogP contribution in [0.1, 0.15) is 11.1 Å². The number of carbonyl (C=O) groups is 2. The van der Waals surface area contributed by atoms with Crippen LogP contribution in [0.15, 0.2) is 54.6 Å². The maximum absolute atomic E-state index is 12.6. The number of amides is 2. The Labute approximate surface area is 140 Å². The standard InChI is InChI=1S/C19H20N2O3/c1-21-17(12-14-7-9-15(22)10-8-14)18(23)20-16(19(21)24)11-13-5-3-2-4-6-13/h2-10,16-17,22H,11-12H2,1H3,(H,20,23)/t16-,17-/m0/s1. The largest absolute Gasteiger partial charge is 0.508 e. The van der Waals surface area contributed by atoms with E-state index in [-0.39, 0.29) is 17.6 Å². The Kier molecular flexibility index (Phi) is 4.51. The van der Waals surface area contributed by atoms with Gasteiger partial charge >= 0.3 is 0 Å². The maximum atomic E-state index is 12.6. The van der Waals surface area contributed by atoms with Gasteiger partial charge in [-0.1, -0.05) is 42.5 Å². The molecule has 1 aliphatic heterocycles. The van der Waals surface area contributed by atoms with Crippen LogP contribution < -0.4 is 5.32 Å². The van der Waals surface area contributed by atoms with Gasteiger partial charge in [0.25, 0.3) is 0 Å². The Hall–Kier alpha value is -2.82. The maximum Gasteiger partial charge on any atom is 0.245 e.